The molecule has 0 spiro atoms. The summed E-state index contributed by atoms with van der Waals surface area (Å²) in [5.74, 6) is 0. The lowest BCUT2D eigenvalue weighted by atomic mass is 10.1. The molecule has 0 saturated carbocycles. The molecule has 1 atom stereocenters. The summed E-state index contributed by atoms with van der Waals surface area (Å²) >= 11 is 17.0. The van der Waals surface area contributed by atoms with Gasteiger partial charge in [0.25, 0.3) is 0 Å². The summed E-state index contributed by atoms with van der Waals surface area (Å²) in [6.45, 7) is 0. The van der Waals surface area contributed by atoms with E-state index >= 15 is 0 Å². The van der Waals surface area contributed by atoms with Gasteiger partial charge in [-0.15, -0.1) is 22.7 Å². The second-order valence-electron chi connectivity index (χ2n) is 3.80. The molecule has 0 radical (unpaired) electrons. The summed E-state index contributed by atoms with van der Waals surface area (Å²) in [6.07, 6.45) is 0. The lowest BCUT2D eigenvalue weighted by Crippen LogP contribution is -1.88. The molecule has 1 unspecified atom stereocenters. The van der Waals surface area contributed by atoms with Crippen LogP contribution < -0.4 is 0 Å². The normalized spacial score (nSPS) is 13.1. The maximum absolute atomic E-state index is 6.21. The van der Waals surface area contributed by atoms with Gasteiger partial charge in [0.15, 0.2) is 0 Å². The Labute approximate surface area is 135 Å². The first kappa shape index (κ1) is 13.1. The third kappa shape index (κ3) is 2.18. The van der Waals surface area contributed by atoms with Crippen molar-refractivity contribution in [3.8, 4) is 0 Å². The van der Waals surface area contributed by atoms with Crippen LogP contribution >= 0.6 is 66.1 Å². The third-order valence-corrected chi connectivity index (χ3v) is 7.38. The molecule has 0 nitrogen and oxygen atoms in total. The van der Waals surface area contributed by atoms with Gasteiger partial charge in [-0.25, -0.2) is 0 Å². The van der Waals surface area contributed by atoms with E-state index in [1.54, 1.807) is 22.7 Å². The molecule has 2 heterocycles. The van der Waals surface area contributed by atoms with E-state index in [2.05, 4.69) is 55.4 Å². The quantitative estimate of drug-likeness (QED) is 0.396. The lowest BCUT2D eigenvalue weighted by molar-refractivity contribution is 1.27. The summed E-state index contributed by atoms with van der Waals surface area (Å²) in [7, 11) is 0. The second-order valence-corrected chi connectivity index (χ2v) is 7.81. The summed E-state index contributed by atoms with van der Waals surface area (Å²) in [4.78, 5) is 1.32. The highest BCUT2D eigenvalue weighted by molar-refractivity contribution is 9.10. The third-order valence-electron chi connectivity index (χ3n) is 2.73. The monoisotopic (exact) mass is 420 g/mol. The van der Waals surface area contributed by atoms with E-state index in [0.29, 0.717) is 0 Å². The summed E-state index contributed by atoms with van der Waals surface area (Å²) in [6, 6.07) is 8.24. The summed E-state index contributed by atoms with van der Waals surface area (Å²) in [5.41, 5.74) is 1.28. The highest BCUT2D eigenvalue weighted by Crippen LogP contribution is 2.44. The molecule has 5 heteroatoms. The van der Waals surface area contributed by atoms with E-state index in [0.717, 1.165) is 14.4 Å². The van der Waals surface area contributed by atoms with Crippen LogP contribution in [0, 0.1) is 0 Å². The Morgan fingerprint density at radius 3 is 2.72 bits per heavy atom. The zero-order valence-electron chi connectivity index (χ0n) is 8.99. The number of hydrogen-bond acceptors (Lipinski definition) is 2. The van der Waals surface area contributed by atoms with Crippen molar-refractivity contribution in [3.63, 3.8) is 0 Å². The molecule has 0 amide bonds. The van der Waals surface area contributed by atoms with Crippen LogP contribution in [0.15, 0.2) is 39.5 Å². The molecule has 1 aromatic carbocycles. The van der Waals surface area contributed by atoms with Gasteiger partial charge in [-0.1, -0.05) is 39.7 Å². The van der Waals surface area contributed by atoms with Crippen molar-refractivity contribution in [1.82, 2.24) is 0 Å². The zero-order valence-corrected chi connectivity index (χ0v) is 14.6. The van der Waals surface area contributed by atoms with Gasteiger partial charge in [0.05, 0.1) is 9.85 Å². The summed E-state index contributed by atoms with van der Waals surface area (Å²) in [5, 5.41) is 6.33. The minimum absolute atomic E-state index is 0.160. The lowest BCUT2D eigenvalue weighted by Gasteiger charge is -2.07. The Kier molecular flexibility index (Phi) is 3.83. The van der Waals surface area contributed by atoms with Crippen LogP contribution in [0.25, 0.3) is 10.1 Å². The molecule has 0 bridgehead atoms. The molecule has 3 aromatic rings. The Morgan fingerprint density at radius 1 is 1.17 bits per heavy atom. The molecule has 2 aromatic heterocycles. The Morgan fingerprint density at radius 2 is 2.00 bits per heavy atom. The van der Waals surface area contributed by atoms with E-state index in [-0.39, 0.29) is 4.83 Å². The predicted molar refractivity (Wildman–Crippen MR) is 89.6 cm³/mol. The van der Waals surface area contributed by atoms with Gasteiger partial charge in [0.2, 0.25) is 0 Å². The number of fused-ring (bicyclic) bond motifs is 1. The largest absolute Gasteiger partial charge is 0.146 e. The smallest absolute Gasteiger partial charge is 0.0767 e. The molecule has 0 aliphatic rings. The topological polar surface area (TPSA) is 0 Å². The van der Waals surface area contributed by atoms with E-state index in [4.69, 9.17) is 11.6 Å². The predicted octanol–water partition coefficient (Wildman–Crippen LogP) is 6.86. The number of hydrogen-bond donors (Lipinski definition) is 0. The van der Waals surface area contributed by atoms with Crippen LogP contribution in [-0.4, -0.2) is 0 Å². The fraction of sp³-hybridized carbons (Fsp3) is 0.0769. The molecule has 0 aliphatic carbocycles. The van der Waals surface area contributed by atoms with Crippen LogP contribution in [-0.2, 0) is 0 Å². The van der Waals surface area contributed by atoms with Crippen molar-refractivity contribution in [3.05, 3.63) is 55.0 Å². The Balaban J connectivity index is 2.16. The minimum atomic E-state index is 0.160. The van der Waals surface area contributed by atoms with Gasteiger partial charge < -0.3 is 0 Å². The average molecular weight is 423 g/mol. The average Bonchev–Trinajstić information content (AvgIpc) is 2.95. The SMILES string of the molecule is Clc1ccsc1C(Br)c1csc2c(Br)cccc12. The maximum Gasteiger partial charge on any atom is 0.0767 e. The number of benzene rings is 1. The molecular weight excluding hydrogens is 416 g/mol. The van der Waals surface area contributed by atoms with Crippen LogP contribution in [0.2, 0.25) is 5.02 Å². The van der Waals surface area contributed by atoms with Crippen LogP contribution in [0.1, 0.15) is 15.3 Å². The van der Waals surface area contributed by atoms with Gasteiger partial charge in [-0.05, 0) is 49.8 Å². The van der Waals surface area contributed by atoms with Gasteiger partial charge in [0, 0.05) is 14.0 Å². The molecule has 0 fully saturated rings. The second kappa shape index (κ2) is 5.25. The molecule has 0 saturated heterocycles. The Hall–Kier alpha value is 0.130. The highest BCUT2D eigenvalue weighted by atomic mass is 79.9. The first-order chi connectivity index (χ1) is 8.68. The molecule has 3 rings (SSSR count). The molecular formula is C13H7Br2ClS2. The van der Waals surface area contributed by atoms with Gasteiger partial charge >= 0.3 is 0 Å². The van der Waals surface area contributed by atoms with Crippen molar-refractivity contribution in [2.75, 3.05) is 0 Å². The van der Waals surface area contributed by atoms with Crippen LogP contribution in [0.4, 0.5) is 0 Å². The van der Waals surface area contributed by atoms with Crippen molar-refractivity contribution in [1.29, 1.82) is 0 Å². The van der Waals surface area contributed by atoms with Crippen molar-refractivity contribution < 1.29 is 0 Å². The Bertz CT molecular complexity index is 702. The summed E-state index contributed by atoms with van der Waals surface area (Å²) < 4.78 is 2.43. The van der Waals surface area contributed by atoms with E-state index in [1.165, 1.54) is 15.6 Å². The fourth-order valence-corrected chi connectivity index (χ4v) is 5.93. The van der Waals surface area contributed by atoms with Crippen molar-refractivity contribution in [2.24, 2.45) is 0 Å². The van der Waals surface area contributed by atoms with E-state index < -0.39 is 0 Å². The number of rotatable bonds is 2. The number of alkyl halides is 1. The maximum atomic E-state index is 6.21. The van der Waals surface area contributed by atoms with Gasteiger partial charge in [-0.3, -0.25) is 0 Å². The van der Waals surface area contributed by atoms with E-state index in [9.17, 15) is 0 Å². The zero-order chi connectivity index (χ0) is 12.7. The molecule has 0 aliphatic heterocycles. The van der Waals surface area contributed by atoms with Crippen molar-refractivity contribution in [2.45, 2.75) is 4.83 Å². The van der Waals surface area contributed by atoms with Crippen molar-refractivity contribution >= 4 is 76.2 Å². The van der Waals surface area contributed by atoms with Gasteiger partial charge in [0.1, 0.15) is 0 Å². The van der Waals surface area contributed by atoms with Crippen LogP contribution in [0.5, 0.6) is 0 Å². The number of halogens is 3. The standard InChI is InChI=1S/C13H7Br2ClS2/c14-9-3-1-2-7-8(6-18-12(7)9)11(15)13-10(16)4-5-17-13/h1-6,11H. The molecule has 18 heavy (non-hydrogen) atoms. The fourth-order valence-electron chi connectivity index (χ4n) is 1.87. The number of thiophene rings is 2. The minimum Gasteiger partial charge on any atom is -0.146 e. The van der Waals surface area contributed by atoms with Gasteiger partial charge in [-0.2, -0.15) is 0 Å². The first-order valence-corrected chi connectivity index (χ1v) is 9.05. The molecule has 0 N–H and O–H groups in total. The highest BCUT2D eigenvalue weighted by Gasteiger charge is 2.19. The molecule has 92 valence electrons. The first-order valence-electron chi connectivity index (χ1n) is 5.21. The van der Waals surface area contributed by atoms with E-state index in [1.807, 2.05) is 11.4 Å². The van der Waals surface area contributed by atoms with Crippen LogP contribution in [0.3, 0.4) is 0 Å².